The Kier molecular flexibility index (Phi) is 4.34. The van der Waals surface area contributed by atoms with Crippen LogP contribution in [0.5, 0.6) is 0 Å². The summed E-state index contributed by atoms with van der Waals surface area (Å²) >= 11 is 0. The number of nitro groups is 1. The number of carbonyl (C=O) groups is 1. The Bertz CT molecular complexity index is 1130. The van der Waals surface area contributed by atoms with Crippen LogP contribution < -0.4 is 10.1 Å². The van der Waals surface area contributed by atoms with Gasteiger partial charge in [-0.05, 0) is 43.4 Å². The van der Waals surface area contributed by atoms with Gasteiger partial charge >= 0.3 is 0 Å². The van der Waals surface area contributed by atoms with E-state index in [1.807, 2.05) is 4.83 Å². The minimum absolute atomic E-state index is 0.00519. The summed E-state index contributed by atoms with van der Waals surface area (Å²) in [6, 6.07) is 8.89. The maximum Gasteiger partial charge on any atom is 0.276 e. The average Bonchev–Trinajstić information content (AvgIpc) is 3.01. The molecule has 0 unspecified atom stereocenters. The van der Waals surface area contributed by atoms with Gasteiger partial charge < -0.3 is 5.32 Å². The van der Waals surface area contributed by atoms with Crippen molar-refractivity contribution >= 4 is 33.0 Å². The lowest BCUT2D eigenvalue weighted by molar-refractivity contribution is -0.385. The molecular weight excluding hydrogens is 384 g/mol. The zero-order valence-electron chi connectivity index (χ0n) is 14.6. The van der Waals surface area contributed by atoms with Gasteiger partial charge in [0.1, 0.15) is 0 Å². The topological polar surface area (TPSA) is 131 Å². The number of amides is 1. The fourth-order valence-corrected chi connectivity index (χ4v) is 4.41. The van der Waals surface area contributed by atoms with Crippen LogP contribution in [0.1, 0.15) is 29.5 Å². The molecule has 2 aromatic carbocycles. The second kappa shape index (κ2) is 6.71. The molecule has 0 saturated heterocycles. The highest BCUT2D eigenvalue weighted by Gasteiger charge is 2.35. The van der Waals surface area contributed by atoms with Crippen molar-refractivity contribution in [3.63, 3.8) is 0 Å². The van der Waals surface area contributed by atoms with Gasteiger partial charge in [0.2, 0.25) is 0 Å². The van der Waals surface area contributed by atoms with E-state index < -0.39 is 20.9 Å². The van der Waals surface area contributed by atoms with Gasteiger partial charge in [0, 0.05) is 17.2 Å². The van der Waals surface area contributed by atoms with Gasteiger partial charge in [0.25, 0.3) is 21.6 Å². The highest BCUT2D eigenvalue weighted by Crippen LogP contribution is 2.40. The molecule has 2 N–H and O–H groups in total. The monoisotopic (exact) mass is 400 g/mol. The Labute approximate surface area is 160 Å². The Hall–Kier alpha value is -3.27. The number of sulfonamides is 1. The number of rotatable bonds is 4. The SMILES string of the molecule is O=C1Nc2c(cc([N+](=O)[O-])c3c2CCCC3)C1=NNS(=O)(=O)c1ccccc1. The lowest BCUT2D eigenvalue weighted by Gasteiger charge is -2.18. The second-order valence-electron chi connectivity index (χ2n) is 6.56. The Morgan fingerprint density at radius 3 is 2.46 bits per heavy atom. The van der Waals surface area contributed by atoms with Crippen LogP contribution >= 0.6 is 0 Å². The van der Waals surface area contributed by atoms with Crippen molar-refractivity contribution in [3.05, 3.63) is 63.2 Å². The first-order valence-corrected chi connectivity index (χ1v) is 10.2. The van der Waals surface area contributed by atoms with E-state index in [1.165, 1.54) is 18.2 Å². The molecule has 4 rings (SSSR count). The minimum Gasteiger partial charge on any atom is -0.320 e. The predicted octanol–water partition coefficient (Wildman–Crippen LogP) is 2.11. The summed E-state index contributed by atoms with van der Waals surface area (Å²) in [7, 11) is -3.97. The zero-order chi connectivity index (χ0) is 19.9. The van der Waals surface area contributed by atoms with Gasteiger partial charge in [-0.3, -0.25) is 14.9 Å². The molecule has 2 aromatic rings. The third kappa shape index (κ3) is 3.01. The summed E-state index contributed by atoms with van der Waals surface area (Å²) in [5, 5.41) is 18.0. The molecule has 28 heavy (non-hydrogen) atoms. The van der Waals surface area contributed by atoms with Crippen molar-refractivity contribution in [2.24, 2.45) is 5.10 Å². The summed E-state index contributed by atoms with van der Waals surface area (Å²) in [6.07, 6.45) is 2.90. The van der Waals surface area contributed by atoms with Gasteiger partial charge in [0.05, 0.1) is 15.5 Å². The molecule has 0 bridgehead atoms. The van der Waals surface area contributed by atoms with E-state index in [1.54, 1.807) is 18.2 Å². The normalized spacial score (nSPS) is 17.0. The predicted molar refractivity (Wildman–Crippen MR) is 102 cm³/mol. The smallest absolute Gasteiger partial charge is 0.276 e. The standard InChI is InChI=1S/C18H16N4O5S/c23-18-17(20-21-28(26,27)11-6-2-1-3-7-11)14-10-15(22(24)25)12-8-4-5-9-13(12)16(14)19-18/h1-3,6-7,10,21H,4-5,8-9H2,(H,19,20,23). The molecule has 1 amide bonds. The van der Waals surface area contributed by atoms with Crippen molar-refractivity contribution in [1.29, 1.82) is 0 Å². The van der Waals surface area contributed by atoms with Crippen molar-refractivity contribution < 1.29 is 18.1 Å². The second-order valence-corrected chi connectivity index (χ2v) is 8.22. The first kappa shape index (κ1) is 18.1. The van der Waals surface area contributed by atoms with E-state index in [0.717, 1.165) is 18.4 Å². The zero-order valence-corrected chi connectivity index (χ0v) is 15.5. The number of carbonyl (C=O) groups excluding carboxylic acids is 1. The number of hydrogen-bond acceptors (Lipinski definition) is 6. The van der Waals surface area contributed by atoms with E-state index in [0.29, 0.717) is 24.1 Å². The fraction of sp³-hybridized carbons (Fsp3) is 0.222. The summed E-state index contributed by atoms with van der Waals surface area (Å²) in [4.78, 5) is 25.5. The van der Waals surface area contributed by atoms with Crippen molar-refractivity contribution in [3.8, 4) is 0 Å². The van der Waals surface area contributed by atoms with Crippen LogP contribution in [0.25, 0.3) is 0 Å². The summed E-state index contributed by atoms with van der Waals surface area (Å²) < 4.78 is 24.7. The van der Waals surface area contributed by atoms with Crippen LogP contribution in [0.4, 0.5) is 11.4 Å². The summed E-state index contributed by atoms with van der Waals surface area (Å²) in [6.45, 7) is 0. The minimum atomic E-state index is -3.97. The number of hydrogen-bond donors (Lipinski definition) is 2. The Balaban J connectivity index is 1.78. The number of fused-ring (bicyclic) bond motifs is 3. The largest absolute Gasteiger partial charge is 0.320 e. The van der Waals surface area contributed by atoms with Gasteiger partial charge in [-0.25, -0.2) is 0 Å². The lowest BCUT2D eigenvalue weighted by Crippen LogP contribution is -2.23. The molecule has 0 radical (unpaired) electrons. The fourth-order valence-electron chi connectivity index (χ4n) is 3.58. The van der Waals surface area contributed by atoms with Gasteiger partial charge in [-0.1, -0.05) is 18.2 Å². The van der Waals surface area contributed by atoms with Crippen molar-refractivity contribution in [2.45, 2.75) is 30.6 Å². The molecule has 144 valence electrons. The van der Waals surface area contributed by atoms with E-state index >= 15 is 0 Å². The molecule has 10 heteroatoms. The third-order valence-corrected chi connectivity index (χ3v) is 6.09. The first-order chi connectivity index (χ1) is 13.4. The maximum atomic E-state index is 12.4. The van der Waals surface area contributed by atoms with Crippen molar-refractivity contribution in [2.75, 3.05) is 5.32 Å². The molecule has 0 saturated carbocycles. The number of anilines is 1. The highest BCUT2D eigenvalue weighted by atomic mass is 32.2. The number of nitrogens with zero attached hydrogens (tertiary/aromatic N) is 2. The highest BCUT2D eigenvalue weighted by molar-refractivity contribution is 7.89. The quantitative estimate of drug-likeness (QED) is 0.599. The summed E-state index contributed by atoms with van der Waals surface area (Å²) in [5.41, 5.74) is 1.84. The van der Waals surface area contributed by atoms with E-state index in [2.05, 4.69) is 10.4 Å². The molecular formula is C18H16N4O5S. The van der Waals surface area contributed by atoms with Gasteiger partial charge in [-0.15, -0.1) is 0 Å². The van der Waals surface area contributed by atoms with E-state index in [-0.39, 0.29) is 21.9 Å². The number of hydrazone groups is 1. The third-order valence-electron chi connectivity index (χ3n) is 4.87. The molecule has 0 spiro atoms. The first-order valence-electron chi connectivity index (χ1n) is 8.68. The van der Waals surface area contributed by atoms with Crippen LogP contribution in [0.2, 0.25) is 0 Å². The molecule has 0 atom stereocenters. The average molecular weight is 400 g/mol. The maximum absolute atomic E-state index is 12.4. The molecule has 1 aliphatic carbocycles. The van der Waals surface area contributed by atoms with Crippen LogP contribution in [0.3, 0.4) is 0 Å². The van der Waals surface area contributed by atoms with Crippen molar-refractivity contribution in [1.82, 2.24) is 4.83 Å². The Morgan fingerprint density at radius 1 is 1.11 bits per heavy atom. The number of nitrogens with one attached hydrogen (secondary N) is 2. The Morgan fingerprint density at radius 2 is 1.79 bits per heavy atom. The molecule has 9 nitrogen and oxygen atoms in total. The van der Waals surface area contributed by atoms with Crippen LogP contribution in [-0.4, -0.2) is 25.0 Å². The van der Waals surface area contributed by atoms with Gasteiger partial charge in [0.15, 0.2) is 5.71 Å². The number of benzene rings is 2. The van der Waals surface area contributed by atoms with E-state index in [9.17, 15) is 23.3 Å². The summed E-state index contributed by atoms with van der Waals surface area (Å²) in [5.74, 6) is -0.598. The van der Waals surface area contributed by atoms with E-state index in [4.69, 9.17) is 0 Å². The van der Waals surface area contributed by atoms with Crippen LogP contribution in [0.15, 0.2) is 46.4 Å². The molecule has 1 aliphatic heterocycles. The molecule has 0 fully saturated rings. The van der Waals surface area contributed by atoms with Crippen LogP contribution in [0, 0.1) is 10.1 Å². The molecule has 1 heterocycles. The van der Waals surface area contributed by atoms with Crippen LogP contribution in [-0.2, 0) is 27.7 Å². The molecule has 2 aliphatic rings. The lowest BCUT2D eigenvalue weighted by atomic mass is 9.87. The van der Waals surface area contributed by atoms with Gasteiger partial charge in [-0.2, -0.15) is 18.4 Å². The molecule has 0 aromatic heterocycles. The number of nitro benzene ring substituents is 1.